The molecule has 0 spiro atoms. The Morgan fingerprint density at radius 3 is 3.00 bits per heavy atom. The van der Waals surface area contributed by atoms with E-state index in [1.54, 1.807) is 6.26 Å². The summed E-state index contributed by atoms with van der Waals surface area (Å²) in [6.07, 6.45) is 7.77. The van der Waals surface area contributed by atoms with Crippen molar-refractivity contribution in [3.05, 3.63) is 24.2 Å². The average molecular weight is 207 g/mol. The van der Waals surface area contributed by atoms with Gasteiger partial charge in [0, 0.05) is 11.6 Å². The standard InChI is InChI=1S/C13H21NO/c1-10-3-4-12(7-10)8-14-11(2)13-5-6-15-9-13/h5-6,9-12,14H,3-4,7-8H2,1-2H3. The van der Waals surface area contributed by atoms with Crippen LogP contribution >= 0.6 is 0 Å². The first kappa shape index (κ1) is 10.7. The Bertz CT molecular complexity index is 281. The predicted molar refractivity (Wildman–Crippen MR) is 61.6 cm³/mol. The third kappa shape index (κ3) is 2.85. The van der Waals surface area contributed by atoms with Gasteiger partial charge in [-0.2, -0.15) is 0 Å². The van der Waals surface area contributed by atoms with Crippen molar-refractivity contribution in [2.24, 2.45) is 11.8 Å². The highest BCUT2D eigenvalue weighted by atomic mass is 16.3. The van der Waals surface area contributed by atoms with Gasteiger partial charge in [-0.1, -0.05) is 13.3 Å². The first-order valence-electron chi connectivity index (χ1n) is 6.01. The van der Waals surface area contributed by atoms with E-state index in [4.69, 9.17) is 4.42 Å². The lowest BCUT2D eigenvalue weighted by Crippen LogP contribution is -2.24. The van der Waals surface area contributed by atoms with E-state index in [0.717, 1.165) is 18.4 Å². The number of hydrogen-bond acceptors (Lipinski definition) is 2. The van der Waals surface area contributed by atoms with Crippen molar-refractivity contribution in [3.8, 4) is 0 Å². The molecule has 0 aliphatic heterocycles. The van der Waals surface area contributed by atoms with Crippen LogP contribution in [0.4, 0.5) is 0 Å². The summed E-state index contributed by atoms with van der Waals surface area (Å²) in [7, 11) is 0. The van der Waals surface area contributed by atoms with E-state index in [9.17, 15) is 0 Å². The van der Waals surface area contributed by atoms with E-state index in [-0.39, 0.29) is 0 Å². The summed E-state index contributed by atoms with van der Waals surface area (Å²) in [5.41, 5.74) is 1.25. The van der Waals surface area contributed by atoms with Gasteiger partial charge in [-0.3, -0.25) is 0 Å². The van der Waals surface area contributed by atoms with Gasteiger partial charge in [-0.15, -0.1) is 0 Å². The van der Waals surface area contributed by atoms with Crippen molar-refractivity contribution in [1.82, 2.24) is 5.32 Å². The van der Waals surface area contributed by atoms with E-state index in [2.05, 4.69) is 19.2 Å². The SMILES string of the molecule is CC1CCC(CNC(C)c2ccoc2)C1. The van der Waals surface area contributed by atoms with Gasteiger partial charge >= 0.3 is 0 Å². The van der Waals surface area contributed by atoms with Crippen LogP contribution in [-0.2, 0) is 0 Å². The van der Waals surface area contributed by atoms with Crippen LogP contribution in [0.2, 0.25) is 0 Å². The Hall–Kier alpha value is -0.760. The number of rotatable bonds is 4. The third-order valence-electron chi connectivity index (χ3n) is 3.56. The van der Waals surface area contributed by atoms with Crippen LogP contribution in [0.5, 0.6) is 0 Å². The van der Waals surface area contributed by atoms with Crippen LogP contribution in [0.3, 0.4) is 0 Å². The molecular weight excluding hydrogens is 186 g/mol. The molecule has 1 aromatic rings. The van der Waals surface area contributed by atoms with Crippen LogP contribution < -0.4 is 5.32 Å². The molecule has 2 nitrogen and oxygen atoms in total. The van der Waals surface area contributed by atoms with Gasteiger partial charge in [-0.25, -0.2) is 0 Å². The fraction of sp³-hybridized carbons (Fsp3) is 0.692. The minimum atomic E-state index is 0.416. The van der Waals surface area contributed by atoms with Gasteiger partial charge in [0.05, 0.1) is 12.5 Å². The Labute approximate surface area is 92.1 Å². The smallest absolute Gasteiger partial charge is 0.0950 e. The molecule has 0 amide bonds. The second-order valence-electron chi connectivity index (χ2n) is 4.97. The summed E-state index contributed by atoms with van der Waals surface area (Å²) in [5.74, 6) is 1.82. The molecule has 3 unspecified atom stereocenters. The second-order valence-corrected chi connectivity index (χ2v) is 4.97. The number of nitrogens with one attached hydrogen (secondary N) is 1. The zero-order chi connectivity index (χ0) is 10.7. The van der Waals surface area contributed by atoms with Gasteiger partial charge in [0.1, 0.15) is 0 Å². The van der Waals surface area contributed by atoms with Crippen molar-refractivity contribution in [2.45, 2.75) is 39.2 Å². The van der Waals surface area contributed by atoms with Crippen molar-refractivity contribution in [3.63, 3.8) is 0 Å². The fourth-order valence-electron chi connectivity index (χ4n) is 2.49. The zero-order valence-corrected chi connectivity index (χ0v) is 9.70. The summed E-state index contributed by atoms with van der Waals surface area (Å²) in [5, 5.41) is 3.59. The molecule has 1 saturated carbocycles. The molecule has 0 aromatic carbocycles. The fourth-order valence-corrected chi connectivity index (χ4v) is 2.49. The first-order chi connectivity index (χ1) is 7.25. The molecule has 84 valence electrons. The Morgan fingerprint density at radius 1 is 1.53 bits per heavy atom. The van der Waals surface area contributed by atoms with Crippen LogP contribution in [0.1, 0.15) is 44.7 Å². The Morgan fingerprint density at radius 2 is 2.40 bits per heavy atom. The van der Waals surface area contributed by atoms with Crippen molar-refractivity contribution in [2.75, 3.05) is 6.54 Å². The average Bonchev–Trinajstić information content (AvgIpc) is 2.84. The summed E-state index contributed by atoms with van der Waals surface area (Å²) in [6.45, 7) is 5.71. The summed E-state index contributed by atoms with van der Waals surface area (Å²) in [6, 6.07) is 2.45. The lowest BCUT2D eigenvalue weighted by atomic mass is 10.1. The van der Waals surface area contributed by atoms with Crippen molar-refractivity contribution >= 4 is 0 Å². The molecular formula is C13H21NO. The molecule has 0 radical (unpaired) electrons. The summed E-state index contributed by atoms with van der Waals surface area (Å²) >= 11 is 0. The predicted octanol–water partition coefficient (Wildman–Crippen LogP) is 3.37. The van der Waals surface area contributed by atoms with E-state index in [1.807, 2.05) is 12.3 Å². The molecule has 1 aliphatic rings. The molecule has 1 fully saturated rings. The molecule has 2 heteroatoms. The van der Waals surface area contributed by atoms with Crippen molar-refractivity contribution in [1.29, 1.82) is 0 Å². The van der Waals surface area contributed by atoms with Crippen LogP contribution in [0, 0.1) is 11.8 Å². The lowest BCUT2D eigenvalue weighted by Gasteiger charge is -2.15. The molecule has 1 aliphatic carbocycles. The highest BCUT2D eigenvalue weighted by Crippen LogP contribution is 2.30. The molecule has 2 rings (SSSR count). The van der Waals surface area contributed by atoms with E-state index < -0.39 is 0 Å². The Kier molecular flexibility index (Phi) is 3.47. The molecule has 15 heavy (non-hydrogen) atoms. The molecule has 1 heterocycles. The second kappa shape index (κ2) is 4.84. The summed E-state index contributed by atoms with van der Waals surface area (Å²) in [4.78, 5) is 0. The normalized spacial score (nSPS) is 28.1. The topological polar surface area (TPSA) is 25.2 Å². The maximum absolute atomic E-state index is 5.08. The van der Waals surface area contributed by atoms with Gasteiger partial charge < -0.3 is 9.73 Å². The highest BCUT2D eigenvalue weighted by molar-refractivity contribution is 5.10. The Balaban J connectivity index is 1.74. The van der Waals surface area contributed by atoms with Gasteiger partial charge in [0.25, 0.3) is 0 Å². The van der Waals surface area contributed by atoms with Crippen LogP contribution in [0.15, 0.2) is 23.0 Å². The minimum absolute atomic E-state index is 0.416. The maximum atomic E-state index is 5.08. The van der Waals surface area contributed by atoms with E-state index in [0.29, 0.717) is 6.04 Å². The molecule has 0 bridgehead atoms. The maximum Gasteiger partial charge on any atom is 0.0950 e. The van der Waals surface area contributed by atoms with Gasteiger partial charge in [0.15, 0.2) is 0 Å². The van der Waals surface area contributed by atoms with Crippen LogP contribution in [0.25, 0.3) is 0 Å². The van der Waals surface area contributed by atoms with E-state index in [1.165, 1.54) is 24.8 Å². The van der Waals surface area contributed by atoms with Crippen LogP contribution in [-0.4, -0.2) is 6.54 Å². The largest absolute Gasteiger partial charge is 0.472 e. The van der Waals surface area contributed by atoms with Gasteiger partial charge in [0.2, 0.25) is 0 Å². The molecule has 1 N–H and O–H groups in total. The van der Waals surface area contributed by atoms with E-state index >= 15 is 0 Å². The zero-order valence-electron chi connectivity index (χ0n) is 9.70. The third-order valence-corrected chi connectivity index (χ3v) is 3.56. The number of hydrogen-bond donors (Lipinski definition) is 1. The summed E-state index contributed by atoms with van der Waals surface area (Å²) < 4.78 is 5.08. The molecule has 1 aromatic heterocycles. The molecule has 3 atom stereocenters. The first-order valence-corrected chi connectivity index (χ1v) is 6.01. The quantitative estimate of drug-likeness (QED) is 0.819. The minimum Gasteiger partial charge on any atom is -0.472 e. The highest BCUT2D eigenvalue weighted by Gasteiger charge is 2.21. The lowest BCUT2D eigenvalue weighted by molar-refractivity contribution is 0.438. The van der Waals surface area contributed by atoms with Crippen molar-refractivity contribution < 1.29 is 4.42 Å². The monoisotopic (exact) mass is 207 g/mol. The van der Waals surface area contributed by atoms with Gasteiger partial charge in [-0.05, 0) is 44.2 Å². The molecule has 0 saturated heterocycles. The number of furan rings is 1.